The Bertz CT molecular complexity index is 534. The van der Waals surface area contributed by atoms with Crippen molar-refractivity contribution in [3.05, 3.63) is 11.1 Å². The molecule has 20 heavy (non-hydrogen) atoms. The predicted molar refractivity (Wildman–Crippen MR) is 81.4 cm³/mol. The summed E-state index contributed by atoms with van der Waals surface area (Å²) in [6.45, 7) is 6.93. The Balaban J connectivity index is 1.69. The number of anilines is 1. The van der Waals surface area contributed by atoms with Crippen molar-refractivity contribution in [3.8, 4) is 0 Å². The summed E-state index contributed by atoms with van der Waals surface area (Å²) in [5.41, 5.74) is 6.85. The highest BCUT2D eigenvalue weighted by Crippen LogP contribution is 2.62. The van der Waals surface area contributed by atoms with Crippen LogP contribution in [0.1, 0.15) is 45.7 Å². The maximum atomic E-state index is 12.3. The molecular formula is C15H23N3OS. The van der Waals surface area contributed by atoms with E-state index in [-0.39, 0.29) is 22.8 Å². The molecule has 1 amide bonds. The summed E-state index contributed by atoms with van der Waals surface area (Å²) < 4.78 is 0. The minimum Gasteiger partial charge on any atom is -0.375 e. The normalized spacial score (nSPS) is 34.4. The van der Waals surface area contributed by atoms with E-state index < -0.39 is 0 Å². The van der Waals surface area contributed by atoms with E-state index in [1.54, 1.807) is 0 Å². The molecule has 110 valence electrons. The third-order valence-electron chi connectivity index (χ3n) is 5.49. The molecule has 2 saturated carbocycles. The molecule has 4 nitrogen and oxygen atoms in total. The van der Waals surface area contributed by atoms with Crippen LogP contribution >= 0.6 is 11.3 Å². The number of hydrogen-bond donors (Lipinski definition) is 2. The molecule has 0 spiro atoms. The van der Waals surface area contributed by atoms with Crippen LogP contribution in [0.25, 0.3) is 0 Å². The average molecular weight is 293 g/mol. The molecule has 2 fully saturated rings. The Morgan fingerprint density at radius 2 is 2.30 bits per heavy atom. The van der Waals surface area contributed by atoms with Gasteiger partial charge in [-0.05, 0) is 36.0 Å². The predicted octanol–water partition coefficient (Wildman–Crippen LogP) is 2.60. The van der Waals surface area contributed by atoms with E-state index in [9.17, 15) is 4.79 Å². The fourth-order valence-electron chi connectivity index (χ4n) is 4.44. The van der Waals surface area contributed by atoms with Gasteiger partial charge in [-0.15, -0.1) is 11.3 Å². The molecule has 3 atom stereocenters. The van der Waals surface area contributed by atoms with Crippen molar-refractivity contribution >= 4 is 22.4 Å². The van der Waals surface area contributed by atoms with Crippen molar-refractivity contribution in [2.24, 2.45) is 16.7 Å². The van der Waals surface area contributed by atoms with Gasteiger partial charge in [0.2, 0.25) is 5.91 Å². The molecule has 1 aromatic heterocycles. The van der Waals surface area contributed by atoms with E-state index >= 15 is 0 Å². The zero-order valence-corrected chi connectivity index (χ0v) is 13.2. The van der Waals surface area contributed by atoms with Crippen molar-refractivity contribution in [2.45, 2.75) is 52.5 Å². The quantitative estimate of drug-likeness (QED) is 0.900. The van der Waals surface area contributed by atoms with Crippen molar-refractivity contribution in [3.63, 3.8) is 0 Å². The van der Waals surface area contributed by atoms with Crippen LogP contribution in [0, 0.1) is 16.7 Å². The number of carbonyl (C=O) groups is 1. The number of hydrogen-bond acceptors (Lipinski definition) is 4. The number of nitrogens with two attached hydrogens (primary N) is 1. The lowest BCUT2D eigenvalue weighted by atomic mass is 9.68. The first-order valence-electron chi connectivity index (χ1n) is 7.30. The minimum absolute atomic E-state index is 0.0714. The molecule has 5 heteroatoms. The number of carbonyl (C=O) groups excluding carboxylic acids is 1. The highest BCUT2D eigenvalue weighted by Gasteiger charge is 2.59. The first kappa shape index (κ1) is 13.9. The summed E-state index contributed by atoms with van der Waals surface area (Å²) in [5.74, 6) is 0.815. The molecular weight excluding hydrogens is 270 g/mol. The molecule has 2 aliphatic carbocycles. The van der Waals surface area contributed by atoms with Crippen molar-refractivity contribution < 1.29 is 4.79 Å². The monoisotopic (exact) mass is 293 g/mol. The van der Waals surface area contributed by atoms with Crippen LogP contribution in [0.4, 0.5) is 5.13 Å². The van der Waals surface area contributed by atoms with E-state index in [0.29, 0.717) is 11.6 Å². The van der Waals surface area contributed by atoms with Gasteiger partial charge in [-0.2, -0.15) is 0 Å². The van der Waals surface area contributed by atoms with Gasteiger partial charge in [-0.1, -0.05) is 20.8 Å². The van der Waals surface area contributed by atoms with Crippen LogP contribution in [0.3, 0.4) is 0 Å². The fraction of sp³-hybridized carbons (Fsp3) is 0.733. The Morgan fingerprint density at radius 1 is 1.55 bits per heavy atom. The zero-order valence-electron chi connectivity index (χ0n) is 12.4. The van der Waals surface area contributed by atoms with Crippen LogP contribution in [0.15, 0.2) is 5.38 Å². The highest BCUT2D eigenvalue weighted by molar-refractivity contribution is 7.13. The zero-order chi connectivity index (χ0) is 14.5. The second-order valence-corrected chi connectivity index (χ2v) is 8.16. The molecule has 2 aliphatic rings. The lowest BCUT2D eigenvalue weighted by Gasteiger charge is -2.43. The summed E-state index contributed by atoms with van der Waals surface area (Å²) in [6.07, 6.45) is 4.11. The molecule has 3 N–H and O–H groups in total. The lowest BCUT2D eigenvalue weighted by Crippen LogP contribution is -2.52. The van der Waals surface area contributed by atoms with Gasteiger partial charge >= 0.3 is 0 Å². The van der Waals surface area contributed by atoms with Gasteiger partial charge in [-0.3, -0.25) is 4.79 Å². The highest BCUT2D eigenvalue weighted by atomic mass is 32.1. The summed E-state index contributed by atoms with van der Waals surface area (Å²) in [6, 6.07) is 0.275. The van der Waals surface area contributed by atoms with Gasteiger partial charge in [-0.25, -0.2) is 4.98 Å². The van der Waals surface area contributed by atoms with Gasteiger partial charge in [0.05, 0.1) is 12.1 Å². The van der Waals surface area contributed by atoms with Crippen LogP contribution in [-0.2, 0) is 11.2 Å². The number of rotatable bonds is 3. The van der Waals surface area contributed by atoms with Crippen molar-refractivity contribution in [1.29, 1.82) is 0 Å². The Morgan fingerprint density at radius 3 is 2.85 bits per heavy atom. The van der Waals surface area contributed by atoms with Gasteiger partial charge in [0, 0.05) is 11.4 Å². The summed E-state index contributed by atoms with van der Waals surface area (Å²) >= 11 is 1.39. The smallest absolute Gasteiger partial charge is 0.226 e. The lowest BCUT2D eigenvalue weighted by molar-refractivity contribution is -0.123. The molecule has 0 saturated heterocycles. The second kappa shape index (κ2) is 4.45. The van der Waals surface area contributed by atoms with E-state index in [0.717, 1.165) is 11.6 Å². The number of fused-ring (bicyclic) bond motifs is 2. The van der Waals surface area contributed by atoms with E-state index in [2.05, 4.69) is 31.1 Å². The van der Waals surface area contributed by atoms with Crippen molar-refractivity contribution in [1.82, 2.24) is 10.3 Å². The van der Waals surface area contributed by atoms with Gasteiger partial charge in [0.1, 0.15) is 0 Å². The number of thiazole rings is 1. The standard InChI is InChI=1S/C15H23N3OS/c1-14(2)9-4-5-15(3,7-9)12(14)18-11(19)6-10-8-20-13(16)17-10/h8-9,12H,4-7H2,1-3H3,(H2,16,17)(H,18,19). The van der Waals surface area contributed by atoms with Crippen LogP contribution in [-0.4, -0.2) is 16.9 Å². The largest absolute Gasteiger partial charge is 0.375 e. The third-order valence-corrected chi connectivity index (χ3v) is 6.21. The molecule has 0 aromatic carbocycles. The average Bonchev–Trinajstić information content (AvgIpc) is 2.97. The number of aromatic nitrogens is 1. The number of nitrogen functional groups attached to an aromatic ring is 1. The maximum Gasteiger partial charge on any atom is 0.226 e. The maximum absolute atomic E-state index is 12.3. The molecule has 0 aliphatic heterocycles. The van der Waals surface area contributed by atoms with Gasteiger partial charge in [0.25, 0.3) is 0 Å². The summed E-state index contributed by atoms with van der Waals surface area (Å²) in [7, 11) is 0. The number of nitrogens with zero attached hydrogens (tertiary/aromatic N) is 1. The molecule has 3 unspecified atom stereocenters. The van der Waals surface area contributed by atoms with Gasteiger partial charge < -0.3 is 11.1 Å². The summed E-state index contributed by atoms with van der Waals surface area (Å²) in [4.78, 5) is 16.5. The first-order valence-corrected chi connectivity index (χ1v) is 8.18. The molecule has 0 radical (unpaired) electrons. The van der Waals surface area contributed by atoms with E-state index in [4.69, 9.17) is 5.73 Å². The first-order chi connectivity index (χ1) is 9.31. The Hall–Kier alpha value is -1.10. The second-order valence-electron chi connectivity index (χ2n) is 7.27. The van der Waals surface area contributed by atoms with Crippen molar-refractivity contribution in [2.75, 3.05) is 5.73 Å². The Kier molecular flexibility index (Phi) is 3.08. The minimum atomic E-state index is 0.0714. The molecule has 3 rings (SSSR count). The molecule has 2 bridgehead atoms. The van der Waals surface area contributed by atoms with Crippen LogP contribution in [0.2, 0.25) is 0 Å². The van der Waals surface area contributed by atoms with Gasteiger partial charge in [0.15, 0.2) is 5.13 Å². The third kappa shape index (κ3) is 2.12. The molecule has 1 aromatic rings. The number of amides is 1. The topological polar surface area (TPSA) is 68.0 Å². The summed E-state index contributed by atoms with van der Waals surface area (Å²) in [5, 5.41) is 5.68. The van der Waals surface area contributed by atoms with Crippen LogP contribution in [0.5, 0.6) is 0 Å². The fourth-order valence-corrected chi connectivity index (χ4v) is 5.01. The Labute approximate surface area is 124 Å². The SMILES string of the molecule is CC12CCC(C1)C(C)(C)C2NC(=O)Cc1csc(N)n1. The van der Waals surface area contributed by atoms with E-state index in [1.165, 1.54) is 30.6 Å². The number of nitrogens with one attached hydrogen (secondary N) is 1. The molecule has 1 heterocycles. The van der Waals surface area contributed by atoms with E-state index in [1.807, 2.05) is 5.38 Å². The van der Waals surface area contributed by atoms with Crippen LogP contribution < -0.4 is 11.1 Å².